The van der Waals surface area contributed by atoms with E-state index in [4.69, 9.17) is 6.42 Å². The number of rotatable bonds is 1. The van der Waals surface area contributed by atoms with Crippen molar-refractivity contribution in [1.29, 1.82) is 0 Å². The first-order valence-electron chi connectivity index (χ1n) is 5.15. The third-order valence-corrected chi connectivity index (χ3v) is 3.46. The smallest absolute Gasteiger partial charge is 0.228 e. The summed E-state index contributed by atoms with van der Waals surface area (Å²) in [4.78, 5) is 13.6. The Kier molecular flexibility index (Phi) is 3.02. The molecule has 1 saturated heterocycles. The fourth-order valence-corrected chi connectivity index (χ4v) is 2.68. The van der Waals surface area contributed by atoms with Gasteiger partial charge in [0.1, 0.15) is 0 Å². The van der Waals surface area contributed by atoms with Gasteiger partial charge in [0.15, 0.2) is 0 Å². The minimum absolute atomic E-state index is 0.0407. The van der Waals surface area contributed by atoms with Crippen LogP contribution in [0.1, 0.15) is 12.0 Å². The number of carbonyl (C=O) groups excluding carboxylic acids is 1. The highest BCUT2D eigenvalue weighted by Crippen LogP contribution is 2.33. The van der Waals surface area contributed by atoms with Crippen molar-refractivity contribution >= 4 is 27.5 Å². The van der Waals surface area contributed by atoms with Gasteiger partial charge >= 0.3 is 0 Å². The molecule has 1 aliphatic heterocycles. The van der Waals surface area contributed by atoms with Crippen molar-refractivity contribution in [2.24, 2.45) is 5.92 Å². The van der Waals surface area contributed by atoms with Gasteiger partial charge in [-0.05, 0) is 34.5 Å². The number of halogens is 1. The van der Waals surface area contributed by atoms with E-state index in [1.807, 2.05) is 25.1 Å². The van der Waals surface area contributed by atoms with Gasteiger partial charge in [0.25, 0.3) is 0 Å². The molecule has 1 amide bonds. The molecular formula is C13H12BrNO. The number of aryl methyl sites for hydroxylation is 1. The number of hydrogen-bond acceptors (Lipinski definition) is 1. The van der Waals surface area contributed by atoms with E-state index in [0.29, 0.717) is 13.0 Å². The van der Waals surface area contributed by atoms with Crippen LogP contribution in [0.15, 0.2) is 22.7 Å². The van der Waals surface area contributed by atoms with Gasteiger partial charge in [-0.2, -0.15) is 0 Å². The second-order valence-corrected chi connectivity index (χ2v) is 4.83. The van der Waals surface area contributed by atoms with Gasteiger partial charge in [0.05, 0.1) is 5.69 Å². The lowest BCUT2D eigenvalue weighted by Gasteiger charge is -2.20. The molecule has 3 heteroatoms. The molecule has 1 unspecified atom stereocenters. The van der Waals surface area contributed by atoms with Gasteiger partial charge in [-0.3, -0.25) is 4.79 Å². The monoisotopic (exact) mass is 277 g/mol. The molecule has 1 aliphatic rings. The molecule has 2 nitrogen and oxygen atoms in total. The van der Waals surface area contributed by atoms with E-state index < -0.39 is 0 Å². The molecular weight excluding hydrogens is 266 g/mol. The van der Waals surface area contributed by atoms with Gasteiger partial charge in [0, 0.05) is 23.4 Å². The maximum atomic E-state index is 11.9. The van der Waals surface area contributed by atoms with Crippen molar-refractivity contribution in [3.05, 3.63) is 28.2 Å². The number of benzene rings is 1. The molecule has 1 heterocycles. The van der Waals surface area contributed by atoms with Crippen LogP contribution >= 0.6 is 15.9 Å². The summed E-state index contributed by atoms with van der Waals surface area (Å²) in [7, 11) is 0. The average Bonchev–Trinajstić information content (AvgIpc) is 2.60. The van der Waals surface area contributed by atoms with E-state index in [-0.39, 0.29) is 11.8 Å². The fraction of sp³-hybridized carbons (Fsp3) is 0.308. The minimum atomic E-state index is 0.0407. The van der Waals surface area contributed by atoms with E-state index >= 15 is 0 Å². The molecule has 16 heavy (non-hydrogen) atoms. The topological polar surface area (TPSA) is 20.3 Å². The van der Waals surface area contributed by atoms with Gasteiger partial charge in [-0.25, -0.2) is 0 Å². The summed E-state index contributed by atoms with van der Waals surface area (Å²) in [6.45, 7) is 2.62. The Labute approximate surface area is 104 Å². The van der Waals surface area contributed by atoms with Gasteiger partial charge in [-0.15, -0.1) is 12.3 Å². The Hall–Kier alpha value is -1.27. The van der Waals surface area contributed by atoms with Crippen LogP contribution < -0.4 is 4.90 Å². The molecule has 0 N–H and O–H groups in total. The van der Waals surface area contributed by atoms with Gasteiger partial charge in [-0.1, -0.05) is 12.1 Å². The standard InChI is InChI=1S/C13H12BrNO/c1-3-10-7-12(16)15(8-10)13-9(2)5-4-6-11(13)14/h1,4-6,10H,7-8H2,2H3. The van der Waals surface area contributed by atoms with E-state index in [1.54, 1.807) is 4.90 Å². The molecule has 0 saturated carbocycles. The predicted octanol–water partition coefficient (Wildman–Crippen LogP) is 2.74. The number of amides is 1. The van der Waals surface area contributed by atoms with Crippen LogP contribution in [0.3, 0.4) is 0 Å². The van der Waals surface area contributed by atoms with Crippen LogP contribution in [0.5, 0.6) is 0 Å². The fourth-order valence-electron chi connectivity index (χ4n) is 2.00. The first kappa shape index (κ1) is 11.2. The second-order valence-electron chi connectivity index (χ2n) is 3.98. The summed E-state index contributed by atoms with van der Waals surface area (Å²) in [5.74, 6) is 2.81. The third-order valence-electron chi connectivity index (χ3n) is 2.82. The summed E-state index contributed by atoms with van der Waals surface area (Å²) in [5, 5.41) is 0. The number of carbonyl (C=O) groups is 1. The third kappa shape index (κ3) is 1.85. The maximum Gasteiger partial charge on any atom is 0.228 e. The van der Waals surface area contributed by atoms with E-state index in [9.17, 15) is 4.79 Å². The Balaban J connectivity index is 2.39. The molecule has 1 aromatic rings. The van der Waals surface area contributed by atoms with Crippen molar-refractivity contribution in [3.63, 3.8) is 0 Å². The lowest BCUT2D eigenvalue weighted by Crippen LogP contribution is -2.25. The van der Waals surface area contributed by atoms with Crippen LogP contribution in [0.25, 0.3) is 0 Å². The van der Waals surface area contributed by atoms with Crippen LogP contribution in [0.4, 0.5) is 5.69 Å². The zero-order valence-corrected chi connectivity index (χ0v) is 10.6. The van der Waals surface area contributed by atoms with Crippen molar-refractivity contribution in [1.82, 2.24) is 0 Å². The number of anilines is 1. The van der Waals surface area contributed by atoms with Gasteiger partial charge < -0.3 is 4.90 Å². The lowest BCUT2D eigenvalue weighted by atomic mass is 10.1. The highest BCUT2D eigenvalue weighted by Gasteiger charge is 2.31. The lowest BCUT2D eigenvalue weighted by molar-refractivity contribution is -0.117. The van der Waals surface area contributed by atoms with E-state index in [2.05, 4.69) is 21.9 Å². The summed E-state index contributed by atoms with van der Waals surface area (Å²) >= 11 is 3.48. The highest BCUT2D eigenvalue weighted by atomic mass is 79.9. The Morgan fingerprint density at radius 2 is 2.31 bits per heavy atom. The summed E-state index contributed by atoms with van der Waals surface area (Å²) in [5.41, 5.74) is 2.03. The highest BCUT2D eigenvalue weighted by molar-refractivity contribution is 9.10. The zero-order valence-electron chi connectivity index (χ0n) is 9.03. The largest absolute Gasteiger partial charge is 0.310 e. The molecule has 0 aliphatic carbocycles. The van der Waals surface area contributed by atoms with Crippen molar-refractivity contribution < 1.29 is 4.79 Å². The zero-order chi connectivity index (χ0) is 11.7. The Morgan fingerprint density at radius 1 is 1.56 bits per heavy atom. The van der Waals surface area contributed by atoms with Crippen molar-refractivity contribution in [3.8, 4) is 12.3 Å². The SMILES string of the molecule is C#CC1CC(=O)N(c2c(C)cccc2Br)C1. The summed E-state index contributed by atoms with van der Waals surface area (Å²) < 4.78 is 0.943. The maximum absolute atomic E-state index is 11.9. The number of terminal acetylenes is 1. The molecule has 2 rings (SSSR count). The van der Waals surface area contributed by atoms with Crippen LogP contribution in [-0.4, -0.2) is 12.5 Å². The quantitative estimate of drug-likeness (QED) is 0.723. The first-order valence-corrected chi connectivity index (χ1v) is 5.94. The average molecular weight is 278 g/mol. The van der Waals surface area contributed by atoms with E-state index in [1.165, 1.54) is 0 Å². The predicted molar refractivity (Wildman–Crippen MR) is 68.2 cm³/mol. The normalized spacial score (nSPS) is 19.9. The first-order chi connectivity index (χ1) is 7.63. The molecule has 0 bridgehead atoms. The van der Waals surface area contributed by atoms with E-state index in [0.717, 1.165) is 15.7 Å². The summed E-state index contributed by atoms with van der Waals surface area (Å²) in [6, 6.07) is 5.90. The second kappa shape index (κ2) is 4.31. The number of hydrogen-bond donors (Lipinski definition) is 0. The molecule has 82 valence electrons. The van der Waals surface area contributed by atoms with Crippen molar-refractivity contribution in [2.75, 3.05) is 11.4 Å². The van der Waals surface area contributed by atoms with Crippen molar-refractivity contribution in [2.45, 2.75) is 13.3 Å². The molecule has 0 spiro atoms. The van der Waals surface area contributed by atoms with Crippen LogP contribution in [-0.2, 0) is 4.79 Å². The molecule has 1 atom stereocenters. The summed E-state index contributed by atoms with van der Waals surface area (Å²) in [6.07, 6.45) is 5.83. The minimum Gasteiger partial charge on any atom is -0.310 e. The molecule has 1 aromatic carbocycles. The van der Waals surface area contributed by atoms with Gasteiger partial charge in [0.2, 0.25) is 5.91 Å². The molecule has 0 aromatic heterocycles. The number of nitrogens with zero attached hydrogens (tertiary/aromatic N) is 1. The molecule has 1 fully saturated rings. The molecule has 0 radical (unpaired) electrons. The number of para-hydroxylation sites is 1. The van der Waals surface area contributed by atoms with Crippen LogP contribution in [0.2, 0.25) is 0 Å². The Bertz CT molecular complexity index is 455. The van der Waals surface area contributed by atoms with Crippen LogP contribution in [0, 0.1) is 25.2 Å². The Morgan fingerprint density at radius 3 is 2.88 bits per heavy atom.